The summed E-state index contributed by atoms with van der Waals surface area (Å²) in [6.07, 6.45) is 0. The largest absolute Gasteiger partial charge is 0.451 e. The van der Waals surface area contributed by atoms with Crippen LogP contribution < -0.4 is 11.1 Å². The van der Waals surface area contributed by atoms with E-state index >= 15 is 0 Å². The molecule has 5 heteroatoms. The van der Waals surface area contributed by atoms with Crippen molar-refractivity contribution in [1.82, 2.24) is 0 Å². The Kier molecular flexibility index (Phi) is 3.43. The highest BCUT2D eigenvalue weighted by atomic mass is 79.9. The van der Waals surface area contributed by atoms with Crippen LogP contribution in [0.3, 0.4) is 0 Å². The van der Waals surface area contributed by atoms with Gasteiger partial charge in [-0.2, -0.15) is 0 Å². The molecule has 0 aliphatic carbocycles. The first kappa shape index (κ1) is 13.7. The van der Waals surface area contributed by atoms with E-state index in [2.05, 4.69) is 21.2 Å². The first-order valence-electron chi connectivity index (χ1n) is 6.39. The van der Waals surface area contributed by atoms with Crippen molar-refractivity contribution in [2.75, 3.05) is 11.1 Å². The van der Waals surface area contributed by atoms with E-state index in [0.29, 0.717) is 17.0 Å². The molecule has 4 nitrogen and oxygen atoms in total. The predicted octanol–water partition coefficient (Wildman–Crippen LogP) is 4.34. The fourth-order valence-corrected chi connectivity index (χ4v) is 2.44. The molecule has 0 saturated heterocycles. The van der Waals surface area contributed by atoms with Crippen molar-refractivity contribution in [2.45, 2.75) is 6.92 Å². The van der Waals surface area contributed by atoms with Crippen molar-refractivity contribution in [1.29, 1.82) is 0 Å². The van der Waals surface area contributed by atoms with Crippen molar-refractivity contribution >= 4 is 44.2 Å². The van der Waals surface area contributed by atoms with Gasteiger partial charge in [0.2, 0.25) is 0 Å². The van der Waals surface area contributed by atoms with Gasteiger partial charge in [-0.1, -0.05) is 11.6 Å². The van der Waals surface area contributed by atoms with E-state index in [1.165, 1.54) is 0 Å². The highest BCUT2D eigenvalue weighted by molar-refractivity contribution is 9.10. The molecule has 0 unspecified atom stereocenters. The maximum absolute atomic E-state index is 12.3. The molecule has 0 aliphatic heterocycles. The predicted molar refractivity (Wildman–Crippen MR) is 87.5 cm³/mol. The van der Waals surface area contributed by atoms with Crippen molar-refractivity contribution in [3.8, 4) is 0 Å². The molecule has 3 rings (SSSR count). The van der Waals surface area contributed by atoms with Gasteiger partial charge in [0.1, 0.15) is 5.58 Å². The molecule has 3 N–H and O–H groups in total. The van der Waals surface area contributed by atoms with Crippen LogP contribution in [-0.2, 0) is 0 Å². The fourth-order valence-electron chi connectivity index (χ4n) is 2.10. The number of nitrogens with one attached hydrogen (secondary N) is 1. The van der Waals surface area contributed by atoms with Gasteiger partial charge in [0, 0.05) is 15.5 Å². The molecule has 0 aliphatic rings. The van der Waals surface area contributed by atoms with Gasteiger partial charge in [0.05, 0.1) is 5.69 Å². The number of hydrogen-bond donors (Lipinski definition) is 2. The van der Waals surface area contributed by atoms with E-state index < -0.39 is 0 Å². The average molecular weight is 345 g/mol. The maximum atomic E-state index is 12.3. The fraction of sp³-hybridized carbons (Fsp3) is 0.0625. The Morgan fingerprint density at radius 2 is 2.00 bits per heavy atom. The summed E-state index contributed by atoms with van der Waals surface area (Å²) in [6.45, 7) is 2.00. The highest BCUT2D eigenvalue weighted by Crippen LogP contribution is 2.26. The van der Waals surface area contributed by atoms with Crippen LogP contribution in [0.2, 0.25) is 0 Å². The third-order valence-electron chi connectivity index (χ3n) is 3.13. The van der Waals surface area contributed by atoms with Crippen LogP contribution in [0.5, 0.6) is 0 Å². The van der Waals surface area contributed by atoms with Crippen LogP contribution in [0.15, 0.2) is 51.4 Å². The third-order valence-corrected chi connectivity index (χ3v) is 3.83. The zero-order valence-corrected chi connectivity index (χ0v) is 12.9. The van der Waals surface area contributed by atoms with Crippen molar-refractivity contribution < 1.29 is 9.21 Å². The van der Waals surface area contributed by atoms with E-state index in [-0.39, 0.29) is 11.7 Å². The van der Waals surface area contributed by atoms with Gasteiger partial charge in [-0.25, -0.2) is 0 Å². The molecule has 0 spiro atoms. The topological polar surface area (TPSA) is 68.3 Å². The highest BCUT2D eigenvalue weighted by Gasteiger charge is 2.14. The number of hydrogen-bond acceptors (Lipinski definition) is 3. The first-order valence-corrected chi connectivity index (χ1v) is 7.19. The minimum absolute atomic E-state index is 0.268. The van der Waals surface area contributed by atoms with E-state index in [1.807, 2.05) is 25.1 Å². The SMILES string of the molecule is Cc1ccc2oc(C(=O)Nc3cc(N)ccc3Br)cc2c1. The van der Waals surface area contributed by atoms with Crippen LogP contribution in [0.25, 0.3) is 11.0 Å². The second kappa shape index (κ2) is 5.26. The summed E-state index contributed by atoms with van der Waals surface area (Å²) in [4.78, 5) is 12.3. The lowest BCUT2D eigenvalue weighted by atomic mass is 10.2. The van der Waals surface area contributed by atoms with Crippen LogP contribution in [0.1, 0.15) is 16.1 Å². The third kappa shape index (κ3) is 2.78. The minimum atomic E-state index is -0.310. The molecule has 0 radical (unpaired) electrons. The van der Waals surface area contributed by atoms with Crippen LogP contribution >= 0.6 is 15.9 Å². The number of nitrogen functional groups attached to an aromatic ring is 1. The number of carbonyl (C=O) groups is 1. The Bertz CT molecular complexity index is 839. The molecular formula is C16H13BrN2O2. The number of nitrogens with two attached hydrogens (primary N) is 1. The van der Waals surface area contributed by atoms with E-state index in [4.69, 9.17) is 10.2 Å². The number of carbonyl (C=O) groups excluding carboxylic acids is 1. The molecule has 0 atom stereocenters. The zero-order chi connectivity index (χ0) is 15.0. The van der Waals surface area contributed by atoms with Crippen LogP contribution in [0, 0.1) is 6.92 Å². The van der Waals surface area contributed by atoms with Gasteiger partial charge in [-0.05, 0) is 59.3 Å². The Labute approximate surface area is 130 Å². The summed E-state index contributed by atoms with van der Waals surface area (Å²) in [6, 6.07) is 12.7. The molecule has 21 heavy (non-hydrogen) atoms. The van der Waals surface area contributed by atoms with E-state index in [1.54, 1.807) is 24.3 Å². The van der Waals surface area contributed by atoms with Gasteiger partial charge in [0.15, 0.2) is 5.76 Å². The second-order valence-corrected chi connectivity index (χ2v) is 5.70. The number of fused-ring (bicyclic) bond motifs is 1. The molecule has 1 heterocycles. The smallest absolute Gasteiger partial charge is 0.291 e. The van der Waals surface area contributed by atoms with Gasteiger partial charge < -0.3 is 15.5 Å². The molecule has 3 aromatic rings. The summed E-state index contributed by atoms with van der Waals surface area (Å²) in [5, 5.41) is 3.69. The number of amides is 1. The van der Waals surface area contributed by atoms with Crippen molar-refractivity contribution in [3.63, 3.8) is 0 Å². The standard InChI is InChI=1S/C16H13BrN2O2/c1-9-2-5-14-10(6-9)7-15(21-14)16(20)19-13-8-11(18)3-4-12(13)17/h2-8H,18H2,1H3,(H,19,20). The minimum Gasteiger partial charge on any atom is -0.451 e. The lowest BCUT2D eigenvalue weighted by Crippen LogP contribution is -2.11. The number of anilines is 2. The molecule has 0 fully saturated rings. The van der Waals surface area contributed by atoms with Gasteiger partial charge >= 0.3 is 0 Å². The monoisotopic (exact) mass is 344 g/mol. The van der Waals surface area contributed by atoms with Crippen molar-refractivity contribution in [2.24, 2.45) is 0 Å². The molecule has 0 bridgehead atoms. The lowest BCUT2D eigenvalue weighted by Gasteiger charge is -2.06. The summed E-state index contributed by atoms with van der Waals surface area (Å²) in [5.74, 6) is -0.0416. The summed E-state index contributed by atoms with van der Waals surface area (Å²) < 4.78 is 6.33. The van der Waals surface area contributed by atoms with Gasteiger partial charge in [-0.15, -0.1) is 0 Å². The van der Waals surface area contributed by atoms with E-state index in [0.717, 1.165) is 15.4 Å². The molecule has 1 aromatic heterocycles. The average Bonchev–Trinajstić information content (AvgIpc) is 2.86. The van der Waals surface area contributed by atoms with Crippen LogP contribution in [0.4, 0.5) is 11.4 Å². The molecule has 106 valence electrons. The number of furan rings is 1. The number of benzene rings is 2. The quantitative estimate of drug-likeness (QED) is 0.679. The summed E-state index contributed by atoms with van der Waals surface area (Å²) >= 11 is 3.37. The Morgan fingerprint density at radius 3 is 2.81 bits per heavy atom. The van der Waals surface area contributed by atoms with Gasteiger partial charge in [-0.3, -0.25) is 4.79 Å². The second-order valence-electron chi connectivity index (χ2n) is 4.85. The number of rotatable bonds is 2. The Morgan fingerprint density at radius 1 is 1.19 bits per heavy atom. The molecular weight excluding hydrogens is 332 g/mol. The Hall–Kier alpha value is -2.27. The zero-order valence-electron chi connectivity index (χ0n) is 11.3. The summed E-state index contributed by atoms with van der Waals surface area (Å²) in [5.41, 5.74) is 8.72. The maximum Gasteiger partial charge on any atom is 0.291 e. The molecule has 0 saturated carbocycles. The van der Waals surface area contributed by atoms with E-state index in [9.17, 15) is 4.79 Å². The first-order chi connectivity index (χ1) is 10.0. The Balaban J connectivity index is 1.91. The van der Waals surface area contributed by atoms with Crippen molar-refractivity contribution in [3.05, 3.63) is 58.3 Å². The number of aryl methyl sites for hydroxylation is 1. The lowest BCUT2D eigenvalue weighted by molar-refractivity contribution is 0.0998. The molecule has 1 amide bonds. The normalized spacial score (nSPS) is 10.8. The molecule has 2 aromatic carbocycles. The summed E-state index contributed by atoms with van der Waals surface area (Å²) in [7, 11) is 0. The van der Waals surface area contributed by atoms with Crippen LogP contribution in [-0.4, -0.2) is 5.91 Å². The van der Waals surface area contributed by atoms with Gasteiger partial charge in [0.25, 0.3) is 5.91 Å². The number of halogens is 1.